The maximum absolute atomic E-state index is 6.09. The van der Waals surface area contributed by atoms with Crippen LogP contribution in [0.3, 0.4) is 0 Å². The maximum Gasteiger partial charge on any atom is 0.159 e. The van der Waals surface area contributed by atoms with Crippen molar-refractivity contribution in [3.8, 4) is 0 Å². The molecule has 1 aromatic heterocycles. The number of ether oxygens (including phenoxy) is 1. The van der Waals surface area contributed by atoms with Crippen LogP contribution in [0.4, 0.5) is 5.82 Å². The number of hydrogen-bond acceptors (Lipinski definition) is 4. The van der Waals surface area contributed by atoms with Crippen LogP contribution in [0.15, 0.2) is 24.3 Å². The van der Waals surface area contributed by atoms with Crippen molar-refractivity contribution >= 4 is 28.2 Å². The van der Waals surface area contributed by atoms with Crippen molar-refractivity contribution in [3.05, 3.63) is 29.4 Å². The van der Waals surface area contributed by atoms with E-state index in [1.54, 1.807) is 7.11 Å². The van der Waals surface area contributed by atoms with Crippen LogP contribution < -0.4 is 5.32 Å². The third-order valence-electron chi connectivity index (χ3n) is 4.42. The van der Waals surface area contributed by atoms with E-state index in [1.807, 2.05) is 24.3 Å². The van der Waals surface area contributed by atoms with E-state index >= 15 is 0 Å². The first-order chi connectivity index (χ1) is 9.54. The Morgan fingerprint density at radius 3 is 2.60 bits per heavy atom. The highest BCUT2D eigenvalue weighted by Gasteiger charge is 2.48. The molecule has 1 aromatic carbocycles. The molecule has 5 heteroatoms. The van der Waals surface area contributed by atoms with Gasteiger partial charge in [-0.3, -0.25) is 0 Å². The van der Waals surface area contributed by atoms with Gasteiger partial charge in [0.2, 0.25) is 0 Å². The monoisotopic (exact) mass is 291 g/mol. The third-order valence-corrected chi connectivity index (χ3v) is 4.69. The normalized spacial score (nSPS) is 24.4. The predicted octanol–water partition coefficient (Wildman–Crippen LogP) is 3.51. The van der Waals surface area contributed by atoms with Gasteiger partial charge >= 0.3 is 0 Å². The molecular formula is C15H18ClN3O. The summed E-state index contributed by atoms with van der Waals surface area (Å²) in [7, 11) is 1.76. The first kappa shape index (κ1) is 13.6. The Labute approximate surface area is 123 Å². The molecule has 0 radical (unpaired) electrons. The Bertz CT molecular complexity index is 644. The molecular weight excluding hydrogens is 274 g/mol. The minimum atomic E-state index is 0.0805. The number of aromatic nitrogens is 2. The van der Waals surface area contributed by atoms with Gasteiger partial charge in [-0.2, -0.15) is 0 Å². The third kappa shape index (κ3) is 2.03. The summed E-state index contributed by atoms with van der Waals surface area (Å²) in [5.74, 6) is 0.789. The number of nitrogens with zero attached hydrogens (tertiary/aromatic N) is 2. The zero-order valence-electron chi connectivity index (χ0n) is 11.9. The average Bonchev–Trinajstić information content (AvgIpc) is 2.45. The second-order valence-corrected chi connectivity index (χ2v) is 6.22. The molecule has 0 spiro atoms. The second kappa shape index (κ2) is 4.86. The molecule has 1 N–H and O–H groups in total. The van der Waals surface area contributed by atoms with Crippen molar-refractivity contribution in [1.82, 2.24) is 10.2 Å². The zero-order chi connectivity index (χ0) is 14.3. The molecule has 2 atom stereocenters. The lowest BCUT2D eigenvalue weighted by Crippen LogP contribution is -2.57. The van der Waals surface area contributed by atoms with Gasteiger partial charge in [0.1, 0.15) is 0 Å². The Morgan fingerprint density at radius 2 is 1.95 bits per heavy atom. The van der Waals surface area contributed by atoms with E-state index in [0.717, 1.165) is 23.0 Å². The Kier molecular flexibility index (Phi) is 3.30. The van der Waals surface area contributed by atoms with Gasteiger partial charge in [0, 0.05) is 29.3 Å². The van der Waals surface area contributed by atoms with Crippen LogP contribution in [-0.4, -0.2) is 29.5 Å². The lowest BCUT2D eigenvalue weighted by atomic mass is 9.64. The zero-order valence-corrected chi connectivity index (χ0v) is 12.6. The number of halogens is 1. The van der Waals surface area contributed by atoms with Crippen molar-refractivity contribution in [1.29, 1.82) is 0 Å². The van der Waals surface area contributed by atoms with Crippen LogP contribution in [-0.2, 0) is 4.74 Å². The van der Waals surface area contributed by atoms with E-state index in [1.165, 1.54) is 0 Å². The summed E-state index contributed by atoms with van der Waals surface area (Å²) in [5, 5.41) is 14.1. The van der Waals surface area contributed by atoms with Gasteiger partial charge in [0.05, 0.1) is 6.10 Å². The first-order valence-electron chi connectivity index (χ1n) is 6.74. The van der Waals surface area contributed by atoms with Crippen molar-refractivity contribution in [2.45, 2.75) is 32.4 Å². The van der Waals surface area contributed by atoms with E-state index in [4.69, 9.17) is 16.3 Å². The van der Waals surface area contributed by atoms with Crippen molar-refractivity contribution in [3.63, 3.8) is 0 Å². The molecule has 1 aliphatic carbocycles. The maximum atomic E-state index is 6.09. The van der Waals surface area contributed by atoms with E-state index < -0.39 is 0 Å². The van der Waals surface area contributed by atoms with E-state index in [9.17, 15) is 0 Å². The summed E-state index contributed by atoms with van der Waals surface area (Å²) in [5.41, 5.74) is 0.0805. The molecule has 1 saturated carbocycles. The number of anilines is 1. The highest BCUT2D eigenvalue weighted by molar-refractivity contribution is 6.34. The van der Waals surface area contributed by atoms with Gasteiger partial charge in [0.25, 0.3) is 0 Å². The molecule has 1 heterocycles. The fourth-order valence-corrected chi connectivity index (χ4v) is 3.08. The molecule has 106 valence electrons. The molecule has 3 rings (SSSR count). The van der Waals surface area contributed by atoms with Crippen LogP contribution in [0.2, 0.25) is 5.15 Å². The highest BCUT2D eigenvalue weighted by atomic mass is 35.5. The van der Waals surface area contributed by atoms with Gasteiger partial charge < -0.3 is 10.1 Å². The fraction of sp³-hybridized carbons (Fsp3) is 0.467. The Morgan fingerprint density at radius 1 is 1.25 bits per heavy atom. The summed E-state index contributed by atoms with van der Waals surface area (Å²) in [4.78, 5) is 0. The van der Waals surface area contributed by atoms with Gasteiger partial charge in [-0.1, -0.05) is 49.7 Å². The lowest BCUT2D eigenvalue weighted by molar-refractivity contribution is -0.0795. The van der Waals surface area contributed by atoms with Gasteiger partial charge in [-0.15, -0.1) is 10.2 Å². The van der Waals surface area contributed by atoms with Crippen molar-refractivity contribution in [2.24, 2.45) is 5.41 Å². The quantitative estimate of drug-likeness (QED) is 0.940. The standard InChI is InChI=1S/C15H18ClN3O/c1-15(2)11(8-12(15)20-3)17-14-10-7-5-4-6-9(10)13(16)18-19-14/h4-7,11-12H,8H2,1-3H3,(H,17,19). The molecule has 1 aliphatic rings. The highest BCUT2D eigenvalue weighted by Crippen LogP contribution is 2.44. The average molecular weight is 292 g/mol. The van der Waals surface area contributed by atoms with Crippen LogP contribution in [0.5, 0.6) is 0 Å². The number of benzene rings is 1. The summed E-state index contributed by atoms with van der Waals surface area (Å²) < 4.78 is 5.48. The summed E-state index contributed by atoms with van der Waals surface area (Å²) in [6, 6.07) is 8.23. The molecule has 0 bridgehead atoms. The van der Waals surface area contributed by atoms with Crippen LogP contribution in [0.25, 0.3) is 10.8 Å². The number of fused-ring (bicyclic) bond motifs is 1. The largest absolute Gasteiger partial charge is 0.381 e. The molecule has 0 saturated heterocycles. The number of methoxy groups -OCH3 is 1. The van der Waals surface area contributed by atoms with E-state index in [-0.39, 0.29) is 11.5 Å². The summed E-state index contributed by atoms with van der Waals surface area (Å²) >= 11 is 6.09. The van der Waals surface area contributed by atoms with E-state index in [0.29, 0.717) is 11.2 Å². The number of hydrogen-bond donors (Lipinski definition) is 1. The minimum absolute atomic E-state index is 0.0805. The van der Waals surface area contributed by atoms with Crippen LogP contribution in [0.1, 0.15) is 20.3 Å². The van der Waals surface area contributed by atoms with Gasteiger partial charge in [-0.25, -0.2) is 0 Å². The van der Waals surface area contributed by atoms with Crippen LogP contribution >= 0.6 is 11.6 Å². The summed E-state index contributed by atoms with van der Waals surface area (Å²) in [6.07, 6.45) is 1.26. The smallest absolute Gasteiger partial charge is 0.159 e. The molecule has 0 aliphatic heterocycles. The lowest BCUT2D eigenvalue weighted by Gasteiger charge is -2.51. The first-order valence-corrected chi connectivity index (χ1v) is 7.12. The Hall–Kier alpha value is -1.39. The number of rotatable bonds is 3. The molecule has 20 heavy (non-hydrogen) atoms. The SMILES string of the molecule is COC1CC(Nc2nnc(Cl)c3ccccc23)C1(C)C. The summed E-state index contributed by atoms with van der Waals surface area (Å²) in [6.45, 7) is 4.40. The fourth-order valence-electron chi connectivity index (χ4n) is 2.87. The molecule has 4 nitrogen and oxygen atoms in total. The Balaban J connectivity index is 1.91. The molecule has 2 aromatic rings. The van der Waals surface area contributed by atoms with Crippen LogP contribution in [0, 0.1) is 5.41 Å². The number of nitrogens with one attached hydrogen (secondary N) is 1. The predicted molar refractivity (Wildman–Crippen MR) is 81.2 cm³/mol. The molecule has 1 fully saturated rings. The second-order valence-electron chi connectivity index (χ2n) is 5.86. The van der Waals surface area contributed by atoms with Gasteiger partial charge in [-0.05, 0) is 6.42 Å². The van der Waals surface area contributed by atoms with E-state index in [2.05, 4.69) is 29.4 Å². The molecule has 2 unspecified atom stereocenters. The van der Waals surface area contributed by atoms with Crippen molar-refractivity contribution < 1.29 is 4.74 Å². The molecule has 0 amide bonds. The minimum Gasteiger partial charge on any atom is -0.381 e. The topological polar surface area (TPSA) is 47.0 Å². The van der Waals surface area contributed by atoms with Crippen molar-refractivity contribution in [2.75, 3.05) is 12.4 Å². The van der Waals surface area contributed by atoms with Gasteiger partial charge in [0.15, 0.2) is 11.0 Å².